The summed E-state index contributed by atoms with van der Waals surface area (Å²) in [5.41, 5.74) is 23.2. The van der Waals surface area contributed by atoms with Crippen molar-refractivity contribution in [2.45, 2.75) is 11.8 Å². The molecule has 0 radical (unpaired) electrons. The highest BCUT2D eigenvalue weighted by atomic mass is 32.1. The fourth-order valence-corrected chi connectivity index (χ4v) is 16.8. The molecular weight excluding hydrogens is 1180 g/mol. The lowest BCUT2D eigenvalue weighted by atomic mass is 9.60. The standard InChI is InChI=1S/C86H52N6S2/c1-3-15-55(16-4-1)81-87-83(91-85(89-81)59-41-33-53(34-42-59)63-23-13-27-75-79(63)69-21-9-11-25-73(69)93-75)57-37-29-51(30-38-57)61-45-47-67-71(49-61)77-65-19-7-8-20-66(65)78(67)72-50-62(46-48-68(72)77)52-31-39-58(40-32-52)84-88-82(56-17-5-2-6-18-56)90-86(92-84)60-43-35-54(36-44-60)64-24-14-28-76-80(64)70-22-10-12-26-74(70)94-76/h1-50,77-78H. The molecule has 0 fully saturated rings. The van der Waals surface area contributed by atoms with Gasteiger partial charge in [0.1, 0.15) is 0 Å². The molecule has 2 bridgehead atoms. The zero-order valence-electron chi connectivity index (χ0n) is 50.5. The van der Waals surface area contributed by atoms with E-state index in [9.17, 15) is 0 Å². The molecule has 4 heterocycles. The highest BCUT2D eigenvalue weighted by molar-refractivity contribution is 7.26. The van der Waals surface area contributed by atoms with Crippen LogP contribution < -0.4 is 0 Å². The summed E-state index contributed by atoms with van der Waals surface area (Å²) >= 11 is 3.68. The van der Waals surface area contributed by atoms with Crippen LogP contribution in [0.4, 0.5) is 0 Å². The lowest BCUT2D eigenvalue weighted by molar-refractivity contribution is 0.755. The Morgan fingerprint density at radius 1 is 0.191 bits per heavy atom. The summed E-state index contributed by atoms with van der Waals surface area (Å²) in [7, 11) is 0. The van der Waals surface area contributed by atoms with Gasteiger partial charge in [-0.1, -0.05) is 267 Å². The summed E-state index contributed by atoms with van der Waals surface area (Å²) in [6.45, 7) is 0. The topological polar surface area (TPSA) is 77.3 Å². The molecule has 3 aliphatic carbocycles. The van der Waals surface area contributed by atoms with Crippen molar-refractivity contribution < 1.29 is 0 Å². The third kappa shape index (κ3) is 9.13. The number of rotatable bonds is 10. The molecule has 94 heavy (non-hydrogen) atoms. The van der Waals surface area contributed by atoms with Gasteiger partial charge in [-0.25, -0.2) is 29.9 Å². The van der Waals surface area contributed by atoms with Gasteiger partial charge in [0.2, 0.25) is 0 Å². The van der Waals surface area contributed by atoms with Crippen LogP contribution in [0, 0.1) is 0 Å². The number of fused-ring (bicyclic) bond motifs is 6. The summed E-state index contributed by atoms with van der Waals surface area (Å²) < 4.78 is 5.17. The van der Waals surface area contributed by atoms with Gasteiger partial charge in [0.15, 0.2) is 34.9 Å². The average molecular weight is 1230 g/mol. The van der Waals surface area contributed by atoms with Crippen molar-refractivity contribution in [1.29, 1.82) is 0 Å². The van der Waals surface area contributed by atoms with Crippen LogP contribution in [-0.2, 0) is 0 Å². The van der Waals surface area contributed by atoms with Gasteiger partial charge in [-0.2, -0.15) is 0 Å². The molecule has 13 aromatic carbocycles. The van der Waals surface area contributed by atoms with Crippen molar-refractivity contribution >= 4 is 63.0 Å². The first-order chi connectivity index (χ1) is 46.5. The highest BCUT2D eigenvalue weighted by Crippen LogP contribution is 2.57. The highest BCUT2D eigenvalue weighted by Gasteiger charge is 2.41. The molecule has 0 saturated heterocycles. The van der Waals surface area contributed by atoms with Crippen molar-refractivity contribution in [2.75, 3.05) is 0 Å². The van der Waals surface area contributed by atoms with Gasteiger partial charge in [0.05, 0.1) is 0 Å². The molecule has 8 heteroatoms. The molecule has 2 unspecified atom stereocenters. The minimum atomic E-state index is 0.101. The molecule has 6 nitrogen and oxygen atoms in total. The smallest absolute Gasteiger partial charge is 0.164 e. The SMILES string of the molecule is c1ccc(-c2nc(-c3ccc(-c4ccc5c(c4)C4c6ccccc6C5c5cc(-c6ccc(-c7nc(-c8ccccc8)nc(-c8ccc(-c9cccc%10sc%11ccccc%11c9%10)cc8)n7)cc6)ccc54)cc3)nc(-c3ccc(-c4cccc5sc6ccccc6c45)cc3)n2)cc1. The van der Waals surface area contributed by atoms with E-state index in [0.29, 0.717) is 34.9 Å². The van der Waals surface area contributed by atoms with Gasteiger partial charge in [-0.05, 0) is 114 Å². The Labute approximate surface area is 550 Å². The largest absolute Gasteiger partial charge is 0.208 e. The summed E-state index contributed by atoms with van der Waals surface area (Å²) in [5, 5.41) is 5.17. The monoisotopic (exact) mass is 1230 g/mol. The summed E-state index contributed by atoms with van der Waals surface area (Å²) in [6, 6.07) is 109. The maximum absolute atomic E-state index is 5.17. The van der Waals surface area contributed by atoms with E-state index in [1.54, 1.807) is 0 Å². The van der Waals surface area contributed by atoms with Crippen LogP contribution in [0.25, 0.3) is 153 Å². The van der Waals surface area contributed by atoms with Crippen LogP contribution in [0.2, 0.25) is 0 Å². The van der Waals surface area contributed by atoms with Gasteiger partial charge < -0.3 is 0 Å². The fraction of sp³-hybridized carbons (Fsp3) is 0.0233. The van der Waals surface area contributed by atoms with E-state index in [0.717, 1.165) is 55.6 Å². The van der Waals surface area contributed by atoms with Gasteiger partial charge in [0.25, 0.3) is 0 Å². The second kappa shape index (κ2) is 22.0. The number of benzene rings is 13. The summed E-state index contributed by atoms with van der Waals surface area (Å²) in [5.74, 6) is 4.00. The molecule has 438 valence electrons. The molecule has 0 amide bonds. The first-order valence-electron chi connectivity index (χ1n) is 31.8. The maximum Gasteiger partial charge on any atom is 0.164 e. The lowest BCUT2D eigenvalue weighted by Crippen LogP contribution is -2.27. The number of thiophene rings is 2. The molecule has 20 rings (SSSR count). The third-order valence-electron chi connectivity index (χ3n) is 19.0. The van der Waals surface area contributed by atoms with E-state index in [1.807, 2.05) is 59.1 Å². The van der Waals surface area contributed by atoms with Crippen molar-refractivity contribution in [3.8, 4) is 113 Å². The Hall–Kier alpha value is -11.7. The second-order valence-corrected chi connectivity index (χ2v) is 26.6. The number of nitrogens with zero attached hydrogens (tertiary/aromatic N) is 6. The van der Waals surface area contributed by atoms with Crippen LogP contribution in [0.1, 0.15) is 45.2 Å². The van der Waals surface area contributed by atoms with Crippen molar-refractivity contribution in [1.82, 2.24) is 29.9 Å². The average Bonchev–Trinajstić information content (AvgIpc) is 0.896. The number of aromatic nitrogens is 6. The van der Waals surface area contributed by atoms with Crippen molar-refractivity contribution in [3.63, 3.8) is 0 Å². The minimum absolute atomic E-state index is 0.101. The zero-order valence-corrected chi connectivity index (χ0v) is 52.2. The van der Waals surface area contributed by atoms with Crippen LogP contribution in [0.3, 0.4) is 0 Å². The van der Waals surface area contributed by atoms with Gasteiger partial charge in [0, 0.05) is 85.6 Å². The molecule has 0 spiro atoms. The first-order valence-corrected chi connectivity index (χ1v) is 33.4. The summed E-state index contributed by atoms with van der Waals surface area (Å²) in [6.07, 6.45) is 0. The molecule has 3 aliphatic rings. The predicted octanol–water partition coefficient (Wildman–Crippen LogP) is 22.4. The van der Waals surface area contributed by atoms with Crippen LogP contribution in [0.5, 0.6) is 0 Å². The van der Waals surface area contributed by atoms with E-state index >= 15 is 0 Å². The van der Waals surface area contributed by atoms with Gasteiger partial charge in [-0.3, -0.25) is 0 Å². The molecule has 0 aliphatic heterocycles. The van der Waals surface area contributed by atoms with Crippen LogP contribution >= 0.6 is 22.7 Å². The van der Waals surface area contributed by atoms with E-state index in [1.165, 1.54) is 96.0 Å². The first kappa shape index (κ1) is 54.1. The third-order valence-corrected chi connectivity index (χ3v) is 21.3. The van der Waals surface area contributed by atoms with Crippen molar-refractivity contribution in [2.24, 2.45) is 0 Å². The lowest BCUT2D eigenvalue weighted by Gasteiger charge is -2.42. The quantitative estimate of drug-likeness (QED) is 0.136. The Morgan fingerprint density at radius 3 is 0.840 bits per heavy atom. The Bertz CT molecular complexity index is 5480. The second-order valence-electron chi connectivity index (χ2n) is 24.4. The van der Waals surface area contributed by atoms with Gasteiger partial charge >= 0.3 is 0 Å². The minimum Gasteiger partial charge on any atom is -0.208 e. The fourth-order valence-electron chi connectivity index (χ4n) is 14.5. The Morgan fingerprint density at radius 2 is 0.468 bits per heavy atom. The number of hydrogen-bond donors (Lipinski definition) is 0. The molecule has 0 N–H and O–H groups in total. The van der Waals surface area contributed by atoms with Gasteiger partial charge in [-0.15, -0.1) is 22.7 Å². The molecule has 0 saturated carbocycles. The van der Waals surface area contributed by atoms with Crippen molar-refractivity contribution in [3.05, 3.63) is 337 Å². The maximum atomic E-state index is 5.17. The van der Waals surface area contributed by atoms with E-state index in [2.05, 4.69) is 267 Å². The molecule has 4 aromatic heterocycles. The van der Waals surface area contributed by atoms with E-state index in [4.69, 9.17) is 29.9 Å². The summed E-state index contributed by atoms with van der Waals surface area (Å²) in [4.78, 5) is 30.7. The van der Waals surface area contributed by atoms with E-state index in [-0.39, 0.29) is 11.8 Å². The Kier molecular flexibility index (Phi) is 12.7. The zero-order chi connectivity index (χ0) is 61.8. The molecular formula is C86H52N6S2. The normalized spacial score (nSPS) is 13.7. The van der Waals surface area contributed by atoms with E-state index < -0.39 is 0 Å². The molecule has 2 atom stereocenters. The predicted molar refractivity (Wildman–Crippen MR) is 388 cm³/mol. The number of hydrogen-bond acceptors (Lipinski definition) is 8. The van der Waals surface area contributed by atoms with Crippen LogP contribution in [-0.4, -0.2) is 29.9 Å². The molecule has 17 aromatic rings. The van der Waals surface area contributed by atoms with Crippen LogP contribution in [0.15, 0.2) is 303 Å². The Balaban J connectivity index is 0.614.